The van der Waals surface area contributed by atoms with E-state index in [1.807, 2.05) is 10.6 Å². The Morgan fingerprint density at radius 2 is 2.12 bits per heavy atom. The molecule has 1 aliphatic rings. The summed E-state index contributed by atoms with van der Waals surface area (Å²) in [6, 6.07) is 5.41. The molecule has 4 aromatic rings. The van der Waals surface area contributed by atoms with Gasteiger partial charge in [-0.2, -0.15) is 13.2 Å². The van der Waals surface area contributed by atoms with Gasteiger partial charge in [-0.3, -0.25) is 4.79 Å². The molecule has 3 heterocycles. The van der Waals surface area contributed by atoms with Gasteiger partial charge in [-0.15, -0.1) is 11.3 Å². The van der Waals surface area contributed by atoms with E-state index < -0.39 is 17.8 Å². The van der Waals surface area contributed by atoms with Crippen molar-refractivity contribution < 1.29 is 22.7 Å². The summed E-state index contributed by atoms with van der Waals surface area (Å²) >= 11 is 0.718. The number of rotatable bonds is 5. The molecule has 8 nitrogen and oxygen atoms in total. The highest BCUT2D eigenvalue weighted by Gasteiger charge is 2.34. The van der Waals surface area contributed by atoms with Gasteiger partial charge in [0, 0.05) is 28.4 Å². The molecule has 3 N–H and O–H groups in total. The Morgan fingerprint density at radius 1 is 1.29 bits per heavy atom. The molecule has 1 aromatic carbocycles. The van der Waals surface area contributed by atoms with E-state index in [1.54, 1.807) is 12.1 Å². The number of carbonyl (C=O) groups is 1. The number of thiazole rings is 1. The fourth-order valence-electron chi connectivity index (χ4n) is 4.30. The third-order valence-electron chi connectivity index (χ3n) is 5.74. The second kappa shape index (κ2) is 8.28. The van der Waals surface area contributed by atoms with Gasteiger partial charge < -0.3 is 20.4 Å². The maximum atomic E-state index is 12.7. The van der Waals surface area contributed by atoms with Crippen molar-refractivity contribution in [1.82, 2.24) is 19.5 Å². The molecule has 0 spiro atoms. The average Bonchev–Trinajstić information content (AvgIpc) is 3.50. The van der Waals surface area contributed by atoms with Crippen molar-refractivity contribution in [1.29, 1.82) is 0 Å². The number of fused-ring (bicyclic) bond motifs is 3. The van der Waals surface area contributed by atoms with Crippen LogP contribution in [0.2, 0.25) is 0 Å². The number of aryl methyl sites for hydroxylation is 1. The van der Waals surface area contributed by atoms with Gasteiger partial charge in [0.2, 0.25) is 5.91 Å². The molecule has 0 saturated heterocycles. The first-order valence-electron chi connectivity index (χ1n) is 10.4. The van der Waals surface area contributed by atoms with Gasteiger partial charge in [0.05, 0.1) is 19.0 Å². The van der Waals surface area contributed by atoms with Crippen LogP contribution >= 0.6 is 11.3 Å². The number of hydrogen-bond acceptors (Lipinski definition) is 7. The molecule has 1 amide bonds. The minimum Gasteiger partial charge on any atom is -0.496 e. The first-order valence-corrected chi connectivity index (χ1v) is 11.3. The largest absolute Gasteiger partial charge is 0.496 e. The lowest BCUT2D eigenvalue weighted by Crippen LogP contribution is -2.15. The monoisotopic (exact) mass is 488 g/mol. The zero-order chi connectivity index (χ0) is 24.0. The maximum absolute atomic E-state index is 12.7. The van der Waals surface area contributed by atoms with Crippen molar-refractivity contribution in [2.75, 3.05) is 18.2 Å². The van der Waals surface area contributed by atoms with Crippen LogP contribution < -0.4 is 15.8 Å². The van der Waals surface area contributed by atoms with Crippen molar-refractivity contribution >= 4 is 39.2 Å². The summed E-state index contributed by atoms with van der Waals surface area (Å²) in [7, 11) is 1.49. The summed E-state index contributed by atoms with van der Waals surface area (Å²) in [6.45, 7) is 0. The Bertz CT molecular complexity index is 1410. The molecule has 0 radical (unpaired) electrons. The van der Waals surface area contributed by atoms with Gasteiger partial charge in [0.15, 0.2) is 16.6 Å². The molecule has 0 unspecified atom stereocenters. The van der Waals surface area contributed by atoms with Crippen LogP contribution in [0.3, 0.4) is 0 Å². The van der Waals surface area contributed by atoms with Crippen LogP contribution in [-0.4, -0.2) is 32.5 Å². The van der Waals surface area contributed by atoms with Crippen LogP contribution in [0, 0.1) is 0 Å². The number of anilines is 2. The summed E-state index contributed by atoms with van der Waals surface area (Å²) < 4.78 is 45.8. The Morgan fingerprint density at radius 3 is 2.85 bits per heavy atom. The van der Waals surface area contributed by atoms with Gasteiger partial charge in [-0.1, -0.05) is 6.07 Å². The molecule has 34 heavy (non-hydrogen) atoms. The van der Waals surface area contributed by atoms with E-state index >= 15 is 0 Å². The average molecular weight is 488 g/mol. The van der Waals surface area contributed by atoms with E-state index in [0.29, 0.717) is 17.1 Å². The normalized spacial score (nSPS) is 13.3. The Balaban J connectivity index is 1.44. The Hall–Kier alpha value is -3.67. The van der Waals surface area contributed by atoms with Crippen LogP contribution in [0.15, 0.2) is 29.9 Å². The van der Waals surface area contributed by atoms with Crippen LogP contribution in [0.25, 0.3) is 16.7 Å². The predicted octanol–water partition coefficient (Wildman–Crippen LogP) is 4.16. The molecule has 5 rings (SSSR count). The van der Waals surface area contributed by atoms with Crippen molar-refractivity contribution in [2.24, 2.45) is 0 Å². The third-order valence-corrected chi connectivity index (χ3v) is 6.50. The van der Waals surface area contributed by atoms with E-state index in [1.165, 1.54) is 13.4 Å². The van der Waals surface area contributed by atoms with E-state index in [0.717, 1.165) is 64.0 Å². The predicted molar refractivity (Wildman–Crippen MR) is 121 cm³/mol. The lowest BCUT2D eigenvalue weighted by atomic mass is 10.1. The number of alkyl halides is 3. The number of aromatic nitrogens is 4. The number of benzene rings is 1. The van der Waals surface area contributed by atoms with Crippen LogP contribution in [0.5, 0.6) is 5.75 Å². The van der Waals surface area contributed by atoms with E-state index in [9.17, 15) is 18.0 Å². The number of hydrogen-bond donors (Lipinski definition) is 2. The van der Waals surface area contributed by atoms with E-state index in [2.05, 4.69) is 20.3 Å². The lowest BCUT2D eigenvalue weighted by molar-refractivity contribution is -0.140. The third kappa shape index (κ3) is 3.83. The molecule has 1 aliphatic carbocycles. The summed E-state index contributed by atoms with van der Waals surface area (Å²) in [6.07, 6.45) is -0.380. The zero-order valence-electron chi connectivity index (χ0n) is 17.9. The van der Waals surface area contributed by atoms with Crippen LogP contribution in [0.1, 0.15) is 28.9 Å². The number of amides is 1. The molecule has 0 saturated carbocycles. The molecule has 0 fully saturated rings. The Labute approximate surface area is 195 Å². The van der Waals surface area contributed by atoms with Gasteiger partial charge >= 0.3 is 6.18 Å². The SMILES string of the molecule is COc1cc(-n2c3c(c4ncnc(N)c42)CCC3)ccc1CC(=O)Nc1nc(C(F)(F)F)cs1. The van der Waals surface area contributed by atoms with E-state index in [-0.39, 0.29) is 11.6 Å². The topological polar surface area (TPSA) is 108 Å². The number of halogens is 3. The number of carbonyl (C=O) groups excluding carboxylic acids is 1. The summed E-state index contributed by atoms with van der Waals surface area (Å²) in [5.74, 6) is 0.342. The maximum Gasteiger partial charge on any atom is 0.434 e. The minimum atomic E-state index is -4.56. The fraction of sp³-hybridized carbons (Fsp3) is 0.273. The summed E-state index contributed by atoms with van der Waals surface area (Å²) in [5.41, 5.74) is 10.4. The highest BCUT2D eigenvalue weighted by atomic mass is 32.1. The number of ether oxygens (including phenoxy) is 1. The van der Waals surface area contributed by atoms with Crippen LogP contribution in [-0.2, 0) is 30.2 Å². The first kappa shape index (κ1) is 22.1. The number of nitrogens with zero attached hydrogens (tertiary/aromatic N) is 4. The molecular formula is C22H19F3N6O2S. The molecule has 3 aromatic heterocycles. The second-order valence-corrected chi connectivity index (χ2v) is 8.69. The van der Waals surface area contributed by atoms with Crippen molar-refractivity contribution in [3.63, 3.8) is 0 Å². The standard InChI is InChI=1S/C22H19F3N6O2S/c1-33-15-8-12(31-14-4-2-3-13(14)18-19(31)20(26)28-10-27-18)6-5-11(15)7-17(32)30-21-29-16(9-34-21)22(23,24)25/h5-6,8-10H,2-4,7H2,1H3,(H2,26,27,28)(H,29,30,32). The van der Waals surface area contributed by atoms with Gasteiger partial charge in [0.25, 0.3) is 0 Å². The highest BCUT2D eigenvalue weighted by Crippen LogP contribution is 2.37. The molecule has 12 heteroatoms. The summed E-state index contributed by atoms with van der Waals surface area (Å²) in [5, 5.41) is 3.16. The molecular weight excluding hydrogens is 469 g/mol. The van der Waals surface area contributed by atoms with Gasteiger partial charge in [0.1, 0.15) is 17.6 Å². The number of nitrogens with one attached hydrogen (secondary N) is 1. The number of methoxy groups -OCH3 is 1. The van der Waals surface area contributed by atoms with Crippen LogP contribution in [0.4, 0.5) is 24.1 Å². The number of nitrogen functional groups attached to an aromatic ring is 1. The zero-order valence-corrected chi connectivity index (χ0v) is 18.8. The van der Waals surface area contributed by atoms with E-state index in [4.69, 9.17) is 10.5 Å². The van der Waals surface area contributed by atoms with Crippen molar-refractivity contribution in [2.45, 2.75) is 31.9 Å². The molecule has 0 atom stereocenters. The Kier molecular flexibility index (Phi) is 5.39. The fourth-order valence-corrected chi connectivity index (χ4v) is 5.03. The molecule has 176 valence electrons. The van der Waals surface area contributed by atoms with Gasteiger partial charge in [-0.25, -0.2) is 15.0 Å². The highest BCUT2D eigenvalue weighted by molar-refractivity contribution is 7.13. The van der Waals surface area contributed by atoms with Crippen molar-refractivity contribution in [3.05, 3.63) is 52.4 Å². The summed E-state index contributed by atoms with van der Waals surface area (Å²) in [4.78, 5) is 24.5. The first-order chi connectivity index (χ1) is 16.3. The second-order valence-electron chi connectivity index (χ2n) is 7.83. The minimum absolute atomic E-state index is 0.0971. The smallest absolute Gasteiger partial charge is 0.434 e. The number of nitrogens with two attached hydrogens (primary N) is 1. The van der Waals surface area contributed by atoms with Crippen molar-refractivity contribution in [3.8, 4) is 11.4 Å². The molecule has 0 aliphatic heterocycles. The lowest BCUT2D eigenvalue weighted by Gasteiger charge is -2.14. The quantitative estimate of drug-likeness (QED) is 0.437. The van der Waals surface area contributed by atoms with Gasteiger partial charge in [-0.05, 0) is 30.9 Å². The molecule has 0 bridgehead atoms.